The third-order valence-corrected chi connectivity index (χ3v) is 4.51. The summed E-state index contributed by atoms with van der Waals surface area (Å²) in [4.78, 5) is 25.4. The molecule has 0 fully saturated rings. The summed E-state index contributed by atoms with van der Waals surface area (Å²) in [6.45, 7) is 0.0308. The first-order valence-electron chi connectivity index (χ1n) is 9.44. The molecule has 150 valence electrons. The minimum absolute atomic E-state index is 0.0694. The van der Waals surface area contributed by atoms with E-state index in [-0.39, 0.29) is 25.5 Å². The largest absolute Gasteiger partial charge is 0.484 e. The van der Waals surface area contributed by atoms with Crippen molar-refractivity contribution in [3.05, 3.63) is 84.4 Å². The van der Waals surface area contributed by atoms with Gasteiger partial charge in [-0.05, 0) is 47.5 Å². The number of carbonyl (C=O) groups excluding carboxylic acids is 2. The zero-order valence-corrected chi connectivity index (χ0v) is 16.3. The van der Waals surface area contributed by atoms with Gasteiger partial charge in [0.05, 0.1) is 11.6 Å². The maximum Gasteiger partial charge on any atom is 0.264 e. The van der Waals surface area contributed by atoms with Crippen LogP contribution in [0.1, 0.15) is 12.0 Å². The highest BCUT2D eigenvalue weighted by molar-refractivity contribution is 5.95. The molecule has 0 spiro atoms. The highest BCUT2D eigenvalue weighted by atomic mass is 16.5. The second kappa shape index (κ2) is 9.89. The summed E-state index contributed by atoms with van der Waals surface area (Å²) < 4.78 is 5.65. The van der Waals surface area contributed by atoms with E-state index >= 15 is 0 Å². The van der Waals surface area contributed by atoms with Crippen molar-refractivity contribution in [1.29, 1.82) is 5.26 Å². The first-order chi connectivity index (χ1) is 14.6. The molecule has 30 heavy (non-hydrogen) atoms. The van der Waals surface area contributed by atoms with Crippen LogP contribution in [0.25, 0.3) is 11.1 Å². The highest BCUT2D eigenvalue weighted by Crippen LogP contribution is 2.23. The number of rotatable bonds is 8. The summed E-state index contributed by atoms with van der Waals surface area (Å²) in [6.07, 6.45) is 0.0694. The van der Waals surface area contributed by atoms with Gasteiger partial charge in [-0.1, -0.05) is 42.5 Å². The number of primary amides is 1. The van der Waals surface area contributed by atoms with Crippen molar-refractivity contribution >= 4 is 17.5 Å². The van der Waals surface area contributed by atoms with Gasteiger partial charge in [0.2, 0.25) is 5.91 Å². The van der Waals surface area contributed by atoms with Gasteiger partial charge in [-0.3, -0.25) is 9.59 Å². The van der Waals surface area contributed by atoms with Gasteiger partial charge < -0.3 is 15.4 Å². The van der Waals surface area contributed by atoms with E-state index < -0.39 is 5.91 Å². The highest BCUT2D eigenvalue weighted by Gasteiger charge is 2.17. The Bertz CT molecular complexity index is 1040. The molecule has 0 aromatic heterocycles. The van der Waals surface area contributed by atoms with Crippen LogP contribution in [-0.2, 0) is 9.59 Å². The van der Waals surface area contributed by atoms with Crippen molar-refractivity contribution in [3.63, 3.8) is 0 Å². The number of amides is 2. The molecule has 3 aromatic carbocycles. The maximum atomic E-state index is 12.7. The number of anilines is 1. The normalized spacial score (nSPS) is 10.1. The van der Waals surface area contributed by atoms with E-state index in [1.807, 2.05) is 42.5 Å². The Morgan fingerprint density at radius 3 is 2.07 bits per heavy atom. The maximum absolute atomic E-state index is 12.7. The Morgan fingerprint density at radius 1 is 0.900 bits per heavy atom. The number of carbonyl (C=O) groups is 2. The van der Waals surface area contributed by atoms with Crippen LogP contribution >= 0.6 is 0 Å². The van der Waals surface area contributed by atoms with Crippen molar-refractivity contribution < 1.29 is 14.3 Å². The number of ether oxygens (including phenoxy) is 1. The number of benzene rings is 3. The molecule has 0 radical (unpaired) electrons. The van der Waals surface area contributed by atoms with Crippen LogP contribution < -0.4 is 15.4 Å². The second-order valence-corrected chi connectivity index (χ2v) is 6.60. The molecule has 0 saturated carbocycles. The van der Waals surface area contributed by atoms with E-state index in [0.29, 0.717) is 17.0 Å². The number of nitrogens with two attached hydrogens (primary N) is 1. The standard InChI is InChI=1S/C24H21N3O3/c25-16-18-6-8-19(9-7-18)20-10-12-22(13-11-20)30-17-24(29)27(15-14-23(26)28)21-4-2-1-3-5-21/h1-13H,14-15,17H2,(H2,26,28). The molecule has 0 saturated heterocycles. The summed E-state index contributed by atoms with van der Waals surface area (Å²) in [6, 6.07) is 25.8. The first-order valence-corrected chi connectivity index (χ1v) is 9.44. The smallest absolute Gasteiger partial charge is 0.264 e. The third-order valence-electron chi connectivity index (χ3n) is 4.51. The summed E-state index contributed by atoms with van der Waals surface area (Å²) in [5.74, 6) is -0.176. The summed E-state index contributed by atoms with van der Waals surface area (Å²) in [5, 5.41) is 8.89. The Balaban J connectivity index is 1.64. The second-order valence-electron chi connectivity index (χ2n) is 6.60. The topological polar surface area (TPSA) is 96.4 Å². The lowest BCUT2D eigenvalue weighted by atomic mass is 10.0. The van der Waals surface area contributed by atoms with Gasteiger partial charge in [0.1, 0.15) is 5.75 Å². The van der Waals surface area contributed by atoms with Crippen molar-refractivity contribution in [2.24, 2.45) is 5.73 Å². The number of nitriles is 1. The molecule has 0 heterocycles. The lowest BCUT2D eigenvalue weighted by molar-refractivity contribution is -0.120. The molecule has 2 N–H and O–H groups in total. The summed E-state index contributed by atoms with van der Waals surface area (Å²) in [5.41, 5.74) is 8.49. The average Bonchev–Trinajstić information content (AvgIpc) is 2.79. The average molecular weight is 399 g/mol. The van der Waals surface area contributed by atoms with E-state index in [4.69, 9.17) is 15.7 Å². The fraction of sp³-hybridized carbons (Fsp3) is 0.125. The van der Waals surface area contributed by atoms with Crippen LogP contribution in [0.3, 0.4) is 0 Å². The summed E-state index contributed by atoms with van der Waals surface area (Å²) >= 11 is 0. The zero-order chi connectivity index (χ0) is 21.3. The number of para-hydroxylation sites is 1. The fourth-order valence-electron chi connectivity index (χ4n) is 2.93. The lowest BCUT2D eigenvalue weighted by Gasteiger charge is -2.22. The van der Waals surface area contributed by atoms with Crippen LogP contribution in [0.5, 0.6) is 5.75 Å². The molecule has 0 aliphatic carbocycles. The molecular formula is C24H21N3O3. The van der Waals surface area contributed by atoms with Crippen LogP contribution in [-0.4, -0.2) is 25.0 Å². The van der Waals surface area contributed by atoms with Crippen molar-refractivity contribution in [3.8, 4) is 22.9 Å². The first kappa shape index (κ1) is 20.6. The monoisotopic (exact) mass is 399 g/mol. The number of nitrogens with zero attached hydrogens (tertiary/aromatic N) is 2. The van der Waals surface area contributed by atoms with E-state index in [1.54, 1.807) is 36.4 Å². The Morgan fingerprint density at radius 2 is 1.50 bits per heavy atom. The van der Waals surface area contributed by atoms with E-state index in [0.717, 1.165) is 11.1 Å². The molecule has 3 rings (SSSR count). The van der Waals surface area contributed by atoms with Crippen LogP contribution in [0, 0.1) is 11.3 Å². The van der Waals surface area contributed by atoms with Gasteiger partial charge in [0.25, 0.3) is 5.91 Å². The Labute approximate surface area is 175 Å². The molecule has 6 nitrogen and oxygen atoms in total. The molecule has 0 unspecified atom stereocenters. The zero-order valence-electron chi connectivity index (χ0n) is 16.3. The lowest BCUT2D eigenvalue weighted by Crippen LogP contribution is -2.37. The van der Waals surface area contributed by atoms with Gasteiger partial charge in [0.15, 0.2) is 6.61 Å². The van der Waals surface area contributed by atoms with Gasteiger partial charge in [-0.25, -0.2) is 0 Å². The molecule has 3 aromatic rings. The van der Waals surface area contributed by atoms with Gasteiger partial charge in [-0.15, -0.1) is 0 Å². The van der Waals surface area contributed by atoms with Crippen molar-refractivity contribution in [2.75, 3.05) is 18.1 Å². The fourth-order valence-corrected chi connectivity index (χ4v) is 2.93. The Kier molecular flexibility index (Phi) is 6.80. The molecule has 0 aliphatic rings. The molecule has 0 aliphatic heterocycles. The van der Waals surface area contributed by atoms with Crippen molar-refractivity contribution in [1.82, 2.24) is 0 Å². The van der Waals surface area contributed by atoms with Crippen LogP contribution in [0.4, 0.5) is 5.69 Å². The van der Waals surface area contributed by atoms with Gasteiger partial charge in [-0.2, -0.15) is 5.26 Å². The predicted molar refractivity (Wildman–Crippen MR) is 115 cm³/mol. The number of hydrogen-bond acceptors (Lipinski definition) is 4. The van der Waals surface area contributed by atoms with E-state index in [1.165, 1.54) is 4.90 Å². The molecule has 6 heteroatoms. The van der Waals surface area contributed by atoms with Crippen molar-refractivity contribution in [2.45, 2.75) is 6.42 Å². The minimum atomic E-state index is -0.469. The SMILES string of the molecule is N#Cc1ccc(-c2ccc(OCC(=O)N(CCC(N)=O)c3ccccc3)cc2)cc1. The Hall–Kier alpha value is -4.11. The molecular weight excluding hydrogens is 378 g/mol. The van der Waals surface area contributed by atoms with Gasteiger partial charge >= 0.3 is 0 Å². The van der Waals surface area contributed by atoms with E-state index in [9.17, 15) is 9.59 Å². The molecule has 0 bridgehead atoms. The summed E-state index contributed by atoms with van der Waals surface area (Å²) in [7, 11) is 0. The minimum Gasteiger partial charge on any atom is -0.484 e. The van der Waals surface area contributed by atoms with Crippen LogP contribution in [0.2, 0.25) is 0 Å². The van der Waals surface area contributed by atoms with Gasteiger partial charge in [0, 0.05) is 18.7 Å². The quantitative estimate of drug-likeness (QED) is 0.627. The predicted octanol–water partition coefficient (Wildman–Crippen LogP) is 3.51. The molecule has 2 amide bonds. The van der Waals surface area contributed by atoms with Crippen LogP contribution in [0.15, 0.2) is 78.9 Å². The van der Waals surface area contributed by atoms with E-state index in [2.05, 4.69) is 6.07 Å². The third kappa shape index (κ3) is 5.46. The molecule has 0 atom stereocenters. The number of hydrogen-bond donors (Lipinski definition) is 1.